The Bertz CT molecular complexity index is 673. The molecule has 7 nitrogen and oxygen atoms in total. The van der Waals surface area contributed by atoms with Crippen LogP contribution in [-0.2, 0) is 0 Å². The van der Waals surface area contributed by atoms with Crippen molar-refractivity contribution in [3.05, 3.63) is 54.1 Å². The summed E-state index contributed by atoms with van der Waals surface area (Å²) in [5.41, 5.74) is 0.588. The van der Waals surface area contributed by atoms with E-state index in [0.29, 0.717) is 11.1 Å². The Balaban J connectivity index is 1.95. The number of carbonyl (C=O) groups is 3. The van der Waals surface area contributed by atoms with Gasteiger partial charge in [-0.15, -0.1) is 0 Å². The quantitative estimate of drug-likeness (QED) is 0.724. The summed E-state index contributed by atoms with van der Waals surface area (Å²) in [6, 6.07) is 5.92. The van der Waals surface area contributed by atoms with Crippen LogP contribution in [0.1, 0.15) is 20.7 Å². The number of rotatable bonds is 1. The second kappa shape index (κ2) is 4.30. The summed E-state index contributed by atoms with van der Waals surface area (Å²) in [5.74, 6) is -1.02. The highest BCUT2D eigenvalue weighted by atomic mass is 16.2. The predicted molar refractivity (Wildman–Crippen MR) is 67.7 cm³/mol. The standard InChI is InChI=1S/C13H10N4O3/c1-15(13(20)16-7-6-14-8-16)17-11(18)9-4-2-3-5-10(9)12(17)19/h2-8H,1H3. The Morgan fingerprint density at radius 3 is 2.25 bits per heavy atom. The Kier molecular flexibility index (Phi) is 2.60. The molecule has 2 aromatic rings. The lowest BCUT2D eigenvalue weighted by molar-refractivity contribution is 0.0268. The molecule has 1 aromatic carbocycles. The number of benzene rings is 1. The van der Waals surface area contributed by atoms with Crippen LogP contribution in [-0.4, -0.2) is 44.5 Å². The lowest BCUT2D eigenvalue weighted by Crippen LogP contribution is -2.48. The van der Waals surface area contributed by atoms with Crippen LogP contribution in [0.3, 0.4) is 0 Å². The van der Waals surface area contributed by atoms with Gasteiger partial charge in [-0.2, -0.15) is 5.01 Å². The molecule has 1 aliphatic heterocycles. The molecule has 3 amide bonds. The van der Waals surface area contributed by atoms with Gasteiger partial charge >= 0.3 is 6.03 Å². The number of amides is 3. The van der Waals surface area contributed by atoms with Crippen LogP contribution in [0.4, 0.5) is 4.79 Å². The van der Waals surface area contributed by atoms with Crippen LogP contribution >= 0.6 is 0 Å². The Labute approximate surface area is 114 Å². The van der Waals surface area contributed by atoms with Crippen LogP contribution in [0.25, 0.3) is 0 Å². The molecule has 20 heavy (non-hydrogen) atoms. The zero-order valence-corrected chi connectivity index (χ0v) is 10.6. The molecular weight excluding hydrogens is 260 g/mol. The van der Waals surface area contributed by atoms with E-state index in [4.69, 9.17) is 0 Å². The second-order valence-electron chi connectivity index (χ2n) is 4.24. The molecule has 0 bridgehead atoms. The monoisotopic (exact) mass is 270 g/mol. The predicted octanol–water partition coefficient (Wildman–Crippen LogP) is 0.994. The zero-order valence-electron chi connectivity index (χ0n) is 10.6. The maximum Gasteiger partial charge on any atom is 0.348 e. The highest BCUT2D eigenvalue weighted by Crippen LogP contribution is 2.23. The third kappa shape index (κ3) is 1.60. The number of hydrogen-bond acceptors (Lipinski definition) is 4. The zero-order chi connectivity index (χ0) is 14.3. The SMILES string of the molecule is CN(C(=O)n1ccnc1)N1C(=O)c2ccccc2C1=O. The Morgan fingerprint density at radius 2 is 1.75 bits per heavy atom. The van der Waals surface area contributed by atoms with Crippen molar-refractivity contribution in [2.45, 2.75) is 0 Å². The van der Waals surface area contributed by atoms with Gasteiger partial charge in [0.05, 0.1) is 11.1 Å². The molecule has 1 aliphatic rings. The molecule has 2 heterocycles. The summed E-state index contributed by atoms with van der Waals surface area (Å²) >= 11 is 0. The van der Waals surface area contributed by atoms with E-state index in [9.17, 15) is 14.4 Å². The Hall–Kier alpha value is -2.96. The van der Waals surface area contributed by atoms with Crippen LogP contribution < -0.4 is 0 Å². The number of aromatic nitrogens is 2. The first kappa shape index (κ1) is 12.1. The van der Waals surface area contributed by atoms with Crippen LogP contribution in [0.2, 0.25) is 0 Å². The van der Waals surface area contributed by atoms with Gasteiger partial charge in [-0.05, 0) is 12.1 Å². The minimum absolute atomic E-state index is 0.294. The van der Waals surface area contributed by atoms with Crippen LogP contribution in [0.5, 0.6) is 0 Å². The van der Waals surface area contributed by atoms with Crippen molar-refractivity contribution in [1.82, 2.24) is 19.6 Å². The van der Waals surface area contributed by atoms with E-state index in [1.54, 1.807) is 24.3 Å². The van der Waals surface area contributed by atoms with Gasteiger partial charge in [-0.1, -0.05) is 12.1 Å². The molecule has 0 spiro atoms. The fourth-order valence-electron chi connectivity index (χ4n) is 2.07. The van der Waals surface area contributed by atoms with Crippen molar-refractivity contribution in [3.63, 3.8) is 0 Å². The summed E-state index contributed by atoms with van der Waals surface area (Å²) in [6.45, 7) is 0. The number of fused-ring (bicyclic) bond motifs is 1. The van der Waals surface area contributed by atoms with Gasteiger partial charge in [0.25, 0.3) is 11.8 Å². The number of imidazole rings is 1. The first-order valence-corrected chi connectivity index (χ1v) is 5.85. The number of imide groups is 1. The van der Waals surface area contributed by atoms with Gasteiger partial charge in [-0.25, -0.2) is 14.8 Å². The van der Waals surface area contributed by atoms with Crippen molar-refractivity contribution in [3.8, 4) is 0 Å². The average molecular weight is 270 g/mol. The molecule has 0 fully saturated rings. The largest absolute Gasteiger partial charge is 0.348 e. The van der Waals surface area contributed by atoms with Gasteiger partial charge in [0.2, 0.25) is 0 Å². The van der Waals surface area contributed by atoms with Gasteiger partial charge in [0.1, 0.15) is 6.33 Å². The lowest BCUT2D eigenvalue weighted by Gasteiger charge is -2.25. The molecule has 1 aromatic heterocycles. The third-order valence-electron chi connectivity index (χ3n) is 3.07. The summed E-state index contributed by atoms with van der Waals surface area (Å²) in [6.07, 6.45) is 4.18. The van der Waals surface area contributed by atoms with E-state index in [0.717, 1.165) is 10.0 Å². The van der Waals surface area contributed by atoms with Gasteiger partial charge in [0, 0.05) is 19.4 Å². The van der Waals surface area contributed by atoms with Gasteiger partial charge in [0.15, 0.2) is 0 Å². The summed E-state index contributed by atoms with van der Waals surface area (Å²) < 4.78 is 1.18. The number of hydrazine groups is 1. The van der Waals surface area contributed by atoms with E-state index in [1.807, 2.05) is 0 Å². The third-order valence-corrected chi connectivity index (χ3v) is 3.07. The highest BCUT2D eigenvalue weighted by Gasteiger charge is 2.39. The van der Waals surface area contributed by atoms with Crippen LogP contribution in [0.15, 0.2) is 43.0 Å². The van der Waals surface area contributed by atoms with Crippen molar-refractivity contribution in [1.29, 1.82) is 0 Å². The smallest absolute Gasteiger partial charge is 0.267 e. The van der Waals surface area contributed by atoms with Crippen molar-refractivity contribution in [2.75, 3.05) is 7.05 Å². The average Bonchev–Trinajstić information content (AvgIpc) is 3.07. The summed E-state index contributed by atoms with van der Waals surface area (Å²) in [5, 5.41) is 1.80. The highest BCUT2D eigenvalue weighted by molar-refractivity contribution is 6.21. The molecule has 0 unspecified atom stereocenters. The summed E-state index contributed by atoms with van der Waals surface area (Å²) in [7, 11) is 1.37. The van der Waals surface area contributed by atoms with Crippen molar-refractivity contribution in [2.24, 2.45) is 0 Å². The van der Waals surface area contributed by atoms with Crippen molar-refractivity contribution >= 4 is 17.8 Å². The second-order valence-corrected chi connectivity index (χ2v) is 4.24. The van der Waals surface area contributed by atoms with Gasteiger partial charge < -0.3 is 0 Å². The first-order chi connectivity index (χ1) is 9.61. The van der Waals surface area contributed by atoms with E-state index >= 15 is 0 Å². The lowest BCUT2D eigenvalue weighted by atomic mass is 10.1. The Morgan fingerprint density at radius 1 is 1.15 bits per heavy atom. The molecule has 0 aliphatic carbocycles. The normalized spacial score (nSPS) is 13.6. The maximum atomic E-state index is 12.2. The van der Waals surface area contributed by atoms with Gasteiger partial charge in [-0.3, -0.25) is 14.2 Å². The number of hydrogen-bond donors (Lipinski definition) is 0. The maximum absolute atomic E-state index is 12.2. The molecule has 0 saturated carbocycles. The molecule has 0 N–H and O–H groups in total. The molecule has 3 rings (SSSR count). The van der Waals surface area contributed by atoms with E-state index in [2.05, 4.69) is 4.98 Å². The molecule has 7 heteroatoms. The van der Waals surface area contributed by atoms with E-state index in [1.165, 1.54) is 30.3 Å². The topological polar surface area (TPSA) is 75.5 Å². The van der Waals surface area contributed by atoms with Crippen molar-refractivity contribution < 1.29 is 14.4 Å². The molecular formula is C13H10N4O3. The minimum atomic E-state index is -0.544. The van der Waals surface area contributed by atoms with E-state index < -0.39 is 17.8 Å². The van der Waals surface area contributed by atoms with Crippen LogP contribution in [0, 0.1) is 0 Å². The number of nitrogens with zero attached hydrogens (tertiary/aromatic N) is 4. The van der Waals surface area contributed by atoms with E-state index in [-0.39, 0.29) is 0 Å². The summed E-state index contributed by atoms with van der Waals surface area (Å²) in [4.78, 5) is 40.3. The molecule has 0 saturated heterocycles. The number of carbonyl (C=O) groups excluding carboxylic acids is 3. The minimum Gasteiger partial charge on any atom is -0.267 e. The first-order valence-electron chi connectivity index (χ1n) is 5.85. The molecule has 0 atom stereocenters. The fraction of sp³-hybridized carbons (Fsp3) is 0.0769. The fourth-order valence-corrected chi connectivity index (χ4v) is 2.07. The molecule has 0 radical (unpaired) electrons. The molecule has 100 valence electrons.